The second-order valence-electron chi connectivity index (χ2n) is 4.22. The summed E-state index contributed by atoms with van der Waals surface area (Å²) in [5.41, 5.74) is 1.15. The molecule has 0 aliphatic heterocycles. The lowest BCUT2D eigenvalue weighted by molar-refractivity contribution is 0.527. The molecule has 0 radical (unpaired) electrons. The number of benzene rings is 1. The van der Waals surface area contributed by atoms with E-state index in [1.165, 1.54) is 6.08 Å². The molecule has 0 heterocycles. The summed E-state index contributed by atoms with van der Waals surface area (Å²) in [7, 11) is 0. The minimum atomic E-state index is -0.697. The summed E-state index contributed by atoms with van der Waals surface area (Å²) in [5, 5.41) is 0. The zero-order valence-corrected chi connectivity index (χ0v) is 10.2. The minimum absolute atomic E-state index is 0.301. The first kappa shape index (κ1) is 12.9. The Kier molecular flexibility index (Phi) is 3.99. The Morgan fingerprint density at radius 2 is 1.95 bits per heavy atom. The zero-order valence-electron chi connectivity index (χ0n) is 10.2. The number of carbonyl (C=O) groups excluding carboxylic acids is 2. The van der Waals surface area contributed by atoms with Crippen LogP contribution in [0.3, 0.4) is 0 Å². The Labute approximate surface area is 110 Å². The van der Waals surface area contributed by atoms with Crippen LogP contribution in [0.2, 0.25) is 0 Å². The number of rotatable bonds is 4. The quantitative estimate of drug-likeness (QED) is 0.610. The van der Waals surface area contributed by atoms with Crippen LogP contribution in [-0.4, -0.2) is 18.7 Å². The zero-order chi connectivity index (χ0) is 13.6. The monoisotopic (exact) mass is 252 g/mol. The predicted octanol–water partition coefficient (Wildman–Crippen LogP) is 2.44. The van der Waals surface area contributed by atoms with Gasteiger partial charge in [-0.1, -0.05) is 48.6 Å². The van der Waals surface area contributed by atoms with Crippen molar-refractivity contribution in [3.63, 3.8) is 0 Å². The van der Waals surface area contributed by atoms with Crippen LogP contribution < -0.4 is 0 Å². The summed E-state index contributed by atoms with van der Waals surface area (Å²) >= 11 is 0. The van der Waals surface area contributed by atoms with Crippen LogP contribution in [0.5, 0.6) is 0 Å². The van der Waals surface area contributed by atoms with Gasteiger partial charge in [-0.05, 0) is 17.6 Å². The maximum Gasteiger partial charge on any atom is 0.236 e. The third kappa shape index (κ3) is 2.83. The summed E-state index contributed by atoms with van der Waals surface area (Å²) in [4.78, 5) is 28.3. The van der Waals surface area contributed by atoms with Crippen molar-refractivity contribution >= 4 is 12.2 Å². The van der Waals surface area contributed by atoms with Crippen molar-refractivity contribution in [3.8, 4) is 0 Å². The SMILES string of the molecule is O=C=NCC1=CCC(N=C=O)(c2ccccc2)C=C1. The molecule has 0 saturated carbocycles. The lowest BCUT2D eigenvalue weighted by Crippen LogP contribution is -2.22. The number of hydrogen-bond acceptors (Lipinski definition) is 4. The molecule has 19 heavy (non-hydrogen) atoms. The molecule has 0 amide bonds. The first-order chi connectivity index (χ1) is 9.30. The topological polar surface area (TPSA) is 58.9 Å². The van der Waals surface area contributed by atoms with Crippen molar-refractivity contribution in [1.82, 2.24) is 0 Å². The van der Waals surface area contributed by atoms with Gasteiger partial charge in [0.2, 0.25) is 12.2 Å². The van der Waals surface area contributed by atoms with Crippen LogP contribution in [0.4, 0.5) is 0 Å². The van der Waals surface area contributed by atoms with Gasteiger partial charge >= 0.3 is 0 Å². The molecule has 1 aromatic carbocycles. The molecule has 1 aliphatic rings. The minimum Gasteiger partial charge on any atom is -0.211 e. The first-order valence-corrected chi connectivity index (χ1v) is 5.87. The number of aliphatic imine (C=N–C) groups is 2. The molecule has 0 fully saturated rings. The van der Waals surface area contributed by atoms with Gasteiger partial charge in [-0.2, -0.15) is 4.99 Å². The molecule has 1 unspecified atom stereocenters. The summed E-state index contributed by atoms with van der Waals surface area (Å²) in [6.45, 7) is 0.301. The molecule has 4 heteroatoms. The fourth-order valence-electron chi connectivity index (χ4n) is 2.08. The number of nitrogens with zero attached hydrogens (tertiary/aromatic N) is 2. The molecule has 1 aliphatic carbocycles. The van der Waals surface area contributed by atoms with Crippen molar-refractivity contribution in [1.29, 1.82) is 0 Å². The van der Waals surface area contributed by atoms with E-state index >= 15 is 0 Å². The molecular formula is C15H12N2O2. The normalized spacial score (nSPS) is 20.9. The molecule has 0 bridgehead atoms. The fourth-order valence-corrected chi connectivity index (χ4v) is 2.08. The number of isocyanates is 2. The van der Waals surface area contributed by atoms with Gasteiger partial charge in [0.1, 0.15) is 5.54 Å². The molecular weight excluding hydrogens is 240 g/mol. The average molecular weight is 252 g/mol. The Bertz CT molecular complexity index is 606. The second-order valence-corrected chi connectivity index (χ2v) is 4.22. The maximum absolute atomic E-state index is 10.7. The summed E-state index contributed by atoms with van der Waals surface area (Å²) in [6.07, 6.45) is 9.31. The molecule has 0 N–H and O–H groups in total. The van der Waals surface area contributed by atoms with E-state index in [2.05, 4.69) is 9.98 Å². The van der Waals surface area contributed by atoms with Crippen LogP contribution >= 0.6 is 0 Å². The smallest absolute Gasteiger partial charge is 0.211 e. The van der Waals surface area contributed by atoms with Crippen molar-refractivity contribution < 1.29 is 9.59 Å². The summed E-state index contributed by atoms with van der Waals surface area (Å²) < 4.78 is 0. The van der Waals surface area contributed by atoms with Gasteiger partial charge in [-0.25, -0.2) is 14.6 Å². The molecule has 94 valence electrons. The van der Waals surface area contributed by atoms with E-state index in [4.69, 9.17) is 0 Å². The predicted molar refractivity (Wildman–Crippen MR) is 71.1 cm³/mol. The van der Waals surface area contributed by atoms with Crippen molar-refractivity contribution in [3.05, 3.63) is 59.7 Å². The summed E-state index contributed by atoms with van der Waals surface area (Å²) in [5.74, 6) is 0. The van der Waals surface area contributed by atoms with Gasteiger partial charge in [0.05, 0.1) is 6.54 Å². The molecule has 0 spiro atoms. The Balaban J connectivity index is 2.31. The van der Waals surface area contributed by atoms with Crippen LogP contribution in [0.25, 0.3) is 0 Å². The Morgan fingerprint density at radius 1 is 1.16 bits per heavy atom. The van der Waals surface area contributed by atoms with E-state index < -0.39 is 5.54 Å². The van der Waals surface area contributed by atoms with Crippen LogP contribution in [0, 0.1) is 0 Å². The third-order valence-corrected chi connectivity index (χ3v) is 3.09. The highest BCUT2D eigenvalue weighted by Gasteiger charge is 2.29. The standard InChI is InChI=1S/C15H12N2O2/c18-11-16-10-13-6-8-15(9-7-13,17-12-19)14-4-2-1-3-5-14/h1-8H,9-10H2. The van der Waals surface area contributed by atoms with E-state index in [1.54, 1.807) is 6.08 Å². The highest BCUT2D eigenvalue weighted by molar-refractivity contribution is 5.45. The fraction of sp³-hybridized carbons (Fsp3) is 0.200. The second kappa shape index (κ2) is 5.87. The van der Waals surface area contributed by atoms with E-state index in [1.807, 2.05) is 48.6 Å². The average Bonchev–Trinajstić information content (AvgIpc) is 2.48. The Morgan fingerprint density at radius 3 is 2.53 bits per heavy atom. The van der Waals surface area contributed by atoms with Crippen LogP contribution in [0.15, 0.2) is 64.1 Å². The van der Waals surface area contributed by atoms with Gasteiger partial charge in [0, 0.05) is 0 Å². The molecule has 4 nitrogen and oxygen atoms in total. The highest BCUT2D eigenvalue weighted by Crippen LogP contribution is 2.35. The van der Waals surface area contributed by atoms with E-state index in [-0.39, 0.29) is 0 Å². The van der Waals surface area contributed by atoms with Gasteiger partial charge in [-0.3, -0.25) is 0 Å². The summed E-state index contributed by atoms with van der Waals surface area (Å²) in [6, 6.07) is 9.57. The van der Waals surface area contributed by atoms with Crippen molar-refractivity contribution in [2.24, 2.45) is 9.98 Å². The molecule has 0 aromatic heterocycles. The van der Waals surface area contributed by atoms with Gasteiger partial charge < -0.3 is 0 Å². The third-order valence-electron chi connectivity index (χ3n) is 3.09. The van der Waals surface area contributed by atoms with Gasteiger partial charge in [0.15, 0.2) is 0 Å². The highest BCUT2D eigenvalue weighted by atomic mass is 16.1. The van der Waals surface area contributed by atoms with Gasteiger partial charge in [0.25, 0.3) is 0 Å². The van der Waals surface area contributed by atoms with Crippen molar-refractivity contribution in [2.75, 3.05) is 6.54 Å². The van der Waals surface area contributed by atoms with E-state index in [0.717, 1.165) is 11.1 Å². The van der Waals surface area contributed by atoms with E-state index in [0.29, 0.717) is 13.0 Å². The molecule has 1 aromatic rings. The van der Waals surface area contributed by atoms with Crippen LogP contribution in [0.1, 0.15) is 12.0 Å². The lowest BCUT2D eigenvalue weighted by atomic mass is 9.83. The van der Waals surface area contributed by atoms with Gasteiger partial charge in [-0.15, -0.1) is 0 Å². The van der Waals surface area contributed by atoms with Crippen molar-refractivity contribution in [2.45, 2.75) is 12.0 Å². The van der Waals surface area contributed by atoms with Crippen LogP contribution in [-0.2, 0) is 15.1 Å². The largest absolute Gasteiger partial charge is 0.236 e. The maximum atomic E-state index is 10.7. The molecule has 2 rings (SSSR count). The number of hydrogen-bond donors (Lipinski definition) is 0. The van der Waals surface area contributed by atoms with E-state index in [9.17, 15) is 9.59 Å². The lowest BCUT2D eigenvalue weighted by Gasteiger charge is -2.27. The first-order valence-electron chi connectivity index (χ1n) is 5.87. The molecule has 0 saturated heterocycles. The Hall–Kier alpha value is -2.54. The molecule has 1 atom stereocenters.